The molecule has 2 unspecified atom stereocenters. The molecule has 0 aromatic carbocycles. The standard InChI is InChI=1S/C16H34O6/c1-5-15(13-18-4)22-16(6-2)14-21-12-11-20-10-9-19-8-7-17-3/h15-16H,5-14H2,1-4H3. The second kappa shape index (κ2) is 17.1. The van der Waals surface area contributed by atoms with Crippen LogP contribution in [0.2, 0.25) is 0 Å². The maximum Gasteiger partial charge on any atom is 0.0810 e. The molecule has 0 aliphatic rings. The van der Waals surface area contributed by atoms with E-state index in [2.05, 4.69) is 13.8 Å². The van der Waals surface area contributed by atoms with Gasteiger partial charge in [0.15, 0.2) is 0 Å². The second-order valence-corrected chi connectivity index (χ2v) is 4.94. The van der Waals surface area contributed by atoms with E-state index in [1.165, 1.54) is 0 Å². The molecule has 6 nitrogen and oxygen atoms in total. The van der Waals surface area contributed by atoms with Crippen LogP contribution in [-0.2, 0) is 28.4 Å². The van der Waals surface area contributed by atoms with Crippen LogP contribution in [0.25, 0.3) is 0 Å². The van der Waals surface area contributed by atoms with Gasteiger partial charge < -0.3 is 28.4 Å². The third kappa shape index (κ3) is 13.4. The molecular weight excluding hydrogens is 288 g/mol. The van der Waals surface area contributed by atoms with Crippen molar-refractivity contribution in [1.29, 1.82) is 0 Å². The van der Waals surface area contributed by atoms with Gasteiger partial charge in [-0.2, -0.15) is 0 Å². The molecule has 0 aliphatic carbocycles. The summed E-state index contributed by atoms with van der Waals surface area (Å²) in [6.07, 6.45) is 2.11. The molecule has 2 atom stereocenters. The molecule has 0 aromatic rings. The summed E-state index contributed by atoms with van der Waals surface area (Å²) in [5.74, 6) is 0. The summed E-state index contributed by atoms with van der Waals surface area (Å²) < 4.78 is 32.3. The van der Waals surface area contributed by atoms with Crippen molar-refractivity contribution in [2.75, 3.05) is 67.1 Å². The fourth-order valence-electron chi connectivity index (χ4n) is 1.76. The van der Waals surface area contributed by atoms with Gasteiger partial charge in [0.25, 0.3) is 0 Å². The van der Waals surface area contributed by atoms with Gasteiger partial charge in [0.1, 0.15) is 0 Å². The lowest BCUT2D eigenvalue weighted by Gasteiger charge is -2.22. The van der Waals surface area contributed by atoms with Gasteiger partial charge in [0, 0.05) is 14.2 Å². The summed E-state index contributed by atoms with van der Waals surface area (Å²) in [5, 5.41) is 0. The zero-order valence-corrected chi connectivity index (χ0v) is 14.7. The maximum atomic E-state index is 5.95. The van der Waals surface area contributed by atoms with Crippen molar-refractivity contribution in [1.82, 2.24) is 0 Å². The van der Waals surface area contributed by atoms with Gasteiger partial charge in [0.05, 0.1) is 65.1 Å². The van der Waals surface area contributed by atoms with Gasteiger partial charge in [-0.25, -0.2) is 0 Å². The average Bonchev–Trinajstić information content (AvgIpc) is 2.54. The molecule has 134 valence electrons. The highest BCUT2D eigenvalue weighted by molar-refractivity contribution is 4.60. The highest BCUT2D eigenvalue weighted by atomic mass is 16.6. The Morgan fingerprint density at radius 2 is 1.09 bits per heavy atom. The van der Waals surface area contributed by atoms with Gasteiger partial charge in [-0.05, 0) is 12.8 Å². The Morgan fingerprint density at radius 1 is 0.591 bits per heavy atom. The summed E-state index contributed by atoms with van der Waals surface area (Å²) in [4.78, 5) is 0. The van der Waals surface area contributed by atoms with Crippen molar-refractivity contribution in [3.63, 3.8) is 0 Å². The van der Waals surface area contributed by atoms with E-state index in [-0.39, 0.29) is 12.2 Å². The minimum absolute atomic E-state index is 0.109. The van der Waals surface area contributed by atoms with E-state index in [0.29, 0.717) is 52.9 Å². The molecule has 0 amide bonds. The SMILES string of the molecule is CCC(COC)OC(CC)COCCOCCOCCOC. The van der Waals surface area contributed by atoms with Gasteiger partial charge >= 0.3 is 0 Å². The molecule has 0 N–H and O–H groups in total. The van der Waals surface area contributed by atoms with E-state index < -0.39 is 0 Å². The summed E-state index contributed by atoms with van der Waals surface area (Å²) in [5.41, 5.74) is 0. The van der Waals surface area contributed by atoms with Gasteiger partial charge in [-0.3, -0.25) is 0 Å². The van der Waals surface area contributed by atoms with Crippen LogP contribution in [0.4, 0.5) is 0 Å². The van der Waals surface area contributed by atoms with E-state index in [1.54, 1.807) is 14.2 Å². The molecule has 0 bridgehead atoms. The van der Waals surface area contributed by atoms with E-state index in [4.69, 9.17) is 28.4 Å². The summed E-state index contributed by atoms with van der Waals surface area (Å²) >= 11 is 0. The molecule has 0 saturated heterocycles. The van der Waals surface area contributed by atoms with Crippen LogP contribution in [0.3, 0.4) is 0 Å². The minimum atomic E-state index is 0.109. The topological polar surface area (TPSA) is 55.4 Å². The molecule has 6 heteroatoms. The Hall–Kier alpha value is -0.240. The number of rotatable bonds is 17. The van der Waals surface area contributed by atoms with Crippen LogP contribution in [0.5, 0.6) is 0 Å². The summed E-state index contributed by atoms with van der Waals surface area (Å²) in [6, 6.07) is 0. The Morgan fingerprint density at radius 3 is 1.59 bits per heavy atom. The van der Waals surface area contributed by atoms with Crippen LogP contribution in [0.15, 0.2) is 0 Å². The second-order valence-electron chi connectivity index (χ2n) is 4.94. The van der Waals surface area contributed by atoms with E-state index in [1.807, 2.05) is 0 Å². The third-order valence-corrected chi connectivity index (χ3v) is 3.13. The number of ether oxygens (including phenoxy) is 6. The van der Waals surface area contributed by atoms with Crippen molar-refractivity contribution in [3.8, 4) is 0 Å². The van der Waals surface area contributed by atoms with Crippen molar-refractivity contribution in [2.45, 2.75) is 38.9 Å². The van der Waals surface area contributed by atoms with Crippen molar-refractivity contribution in [2.24, 2.45) is 0 Å². The van der Waals surface area contributed by atoms with Crippen LogP contribution < -0.4 is 0 Å². The fraction of sp³-hybridized carbons (Fsp3) is 1.00. The third-order valence-electron chi connectivity index (χ3n) is 3.13. The first-order chi connectivity index (χ1) is 10.8. The summed E-state index contributed by atoms with van der Waals surface area (Å²) in [6.45, 7) is 8.92. The van der Waals surface area contributed by atoms with Crippen molar-refractivity contribution < 1.29 is 28.4 Å². The van der Waals surface area contributed by atoms with E-state index in [9.17, 15) is 0 Å². The first-order valence-electron chi connectivity index (χ1n) is 8.14. The summed E-state index contributed by atoms with van der Waals surface area (Å²) in [7, 11) is 3.35. The molecule has 0 radical (unpaired) electrons. The van der Waals surface area contributed by atoms with Gasteiger partial charge in [-0.15, -0.1) is 0 Å². The Kier molecular flexibility index (Phi) is 16.9. The monoisotopic (exact) mass is 322 g/mol. The number of methoxy groups -OCH3 is 2. The van der Waals surface area contributed by atoms with Crippen molar-refractivity contribution in [3.05, 3.63) is 0 Å². The minimum Gasteiger partial charge on any atom is -0.382 e. The quantitative estimate of drug-likeness (QED) is 0.381. The van der Waals surface area contributed by atoms with Crippen LogP contribution in [-0.4, -0.2) is 79.3 Å². The molecule has 0 heterocycles. The van der Waals surface area contributed by atoms with Crippen LogP contribution in [0, 0.1) is 0 Å². The lowest BCUT2D eigenvalue weighted by atomic mass is 10.2. The Bertz CT molecular complexity index is 215. The lowest BCUT2D eigenvalue weighted by Crippen LogP contribution is -2.29. The fourth-order valence-corrected chi connectivity index (χ4v) is 1.76. The normalized spacial score (nSPS) is 14.2. The van der Waals surface area contributed by atoms with E-state index >= 15 is 0 Å². The lowest BCUT2D eigenvalue weighted by molar-refractivity contribution is -0.0870. The predicted octanol–water partition coefficient (Wildman–Crippen LogP) is 1.90. The zero-order valence-electron chi connectivity index (χ0n) is 14.7. The van der Waals surface area contributed by atoms with Gasteiger partial charge in [0.2, 0.25) is 0 Å². The Labute approximate surface area is 135 Å². The Balaban J connectivity index is 3.46. The highest BCUT2D eigenvalue weighted by Gasteiger charge is 2.14. The highest BCUT2D eigenvalue weighted by Crippen LogP contribution is 2.07. The van der Waals surface area contributed by atoms with Crippen LogP contribution >= 0.6 is 0 Å². The number of hydrogen-bond acceptors (Lipinski definition) is 6. The predicted molar refractivity (Wildman–Crippen MR) is 85.5 cm³/mol. The molecule has 22 heavy (non-hydrogen) atoms. The maximum absolute atomic E-state index is 5.95. The first kappa shape index (κ1) is 21.8. The smallest absolute Gasteiger partial charge is 0.0810 e. The molecule has 0 spiro atoms. The van der Waals surface area contributed by atoms with Crippen molar-refractivity contribution >= 4 is 0 Å². The molecular formula is C16H34O6. The molecule has 0 rings (SSSR count). The molecule has 0 aromatic heterocycles. The largest absolute Gasteiger partial charge is 0.382 e. The van der Waals surface area contributed by atoms with E-state index in [0.717, 1.165) is 12.8 Å². The zero-order chi connectivity index (χ0) is 16.5. The van der Waals surface area contributed by atoms with Gasteiger partial charge in [-0.1, -0.05) is 13.8 Å². The molecule has 0 fully saturated rings. The first-order valence-corrected chi connectivity index (χ1v) is 8.14. The average molecular weight is 322 g/mol. The van der Waals surface area contributed by atoms with Crippen LogP contribution in [0.1, 0.15) is 26.7 Å². The molecule has 0 aliphatic heterocycles. The number of hydrogen-bond donors (Lipinski definition) is 0. The molecule has 0 saturated carbocycles.